The lowest BCUT2D eigenvalue weighted by molar-refractivity contribution is 0.471. The molecule has 3 atom stereocenters. The molecule has 3 N–H and O–H groups in total. The molecular formula is C23H26N6OS. The van der Waals surface area contributed by atoms with Gasteiger partial charge in [-0.1, -0.05) is 6.07 Å². The van der Waals surface area contributed by atoms with E-state index in [4.69, 9.17) is 5.10 Å². The van der Waals surface area contributed by atoms with Crippen molar-refractivity contribution in [2.75, 3.05) is 11.9 Å². The molecule has 2 bridgehead atoms. The summed E-state index contributed by atoms with van der Waals surface area (Å²) in [4.78, 5) is 2.45. The Kier molecular flexibility index (Phi) is 4.50. The Labute approximate surface area is 184 Å². The second kappa shape index (κ2) is 7.39. The Morgan fingerprint density at radius 1 is 1.13 bits per heavy atom. The maximum atomic E-state index is 10.6. The van der Waals surface area contributed by atoms with E-state index in [2.05, 4.69) is 33.5 Å². The predicted molar refractivity (Wildman–Crippen MR) is 124 cm³/mol. The topological polar surface area (TPSA) is 82.0 Å². The summed E-state index contributed by atoms with van der Waals surface area (Å²) in [6.45, 7) is 0. The molecule has 0 aliphatic carbocycles. The zero-order valence-electron chi connectivity index (χ0n) is 17.5. The Morgan fingerprint density at radius 3 is 2.81 bits per heavy atom. The number of H-pyrrole nitrogens is 1. The van der Waals surface area contributed by atoms with Gasteiger partial charge in [-0.05, 0) is 49.8 Å². The third kappa shape index (κ3) is 3.40. The number of nitrogens with zero attached hydrogens (tertiary/aromatic N) is 4. The minimum absolute atomic E-state index is 0.201. The van der Waals surface area contributed by atoms with E-state index in [1.165, 1.54) is 37.1 Å². The number of thiophene rings is 1. The zero-order valence-corrected chi connectivity index (χ0v) is 18.3. The summed E-state index contributed by atoms with van der Waals surface area (Å²) < 4.78 is 2.90. The quantitative estimate of drug-likeness (QED) is 0.446. The molecule has 2 aliphatic rings. The third-order valence-corrected chi connectivity index (χ3v) is 8.02. The Balaban J connectivity index is 1.24. The lowest BCUT2D eigenvalue weighted by Crippen LogP contribution is -2.35. The molecule has 0 spiro atoms. The van der Waals surface area contributed by atoms with Crippen molar-refractivity contribution in [2.24, 2.45) is 0 Å². The maximum absolute atomic E-state index is 10.6. The first-order chi connectivity index (χ1) is 15.1. The number of hydrogen-bond donors (Lipinski definition) is 3. The second-order valence-electron chi connectivity index (χ2n) is 8.81. The largest absolute Gasteiger partial charge is 0.506 e. The van der Waals surface area contributed by atoms with E-state index in [0.29, 0.717) is 17.8 Å². The standard InChI is InChI=1S/C23H26N6OS/c1-28(18-6-5-16-3-4-17(9-18)26-16)23-10-19-22(31-23)13-29(27-19)20-7-2-14(8-21(20)30)15-11-24-25-12-15/h2,7-8,10-13,16-18,26,30H,3-6,9H2,1H3,(H,24,25). The van der Waals surface area contributed by atoms with Gasteiger partial charge < -0.3 is 15.3 Å². The van der Waals surface area contributed by atoms with Gasteiger partial charge >= 0.3 is 0 Å². The highest BCUT2D eigenvalue weighted by molar-refractivity contribution is 7.22. The van der Waals surface area contributed by atoms with E-state index in [1.54, 1.807) is 28.3 Å². The van der Waals surface area contributed by atoms with Crippen molar-refractivity contribution in [2.45, 2.75) is 50.2 Å². The smallest absolute Gasteiger partial charge is 0.141 e. The molecule has 0 radical (unpaired) electrons. The average Bonchev–Trinajstić information content (AvgIpc) is 3.51. The van der Waals surface area contributed by atoms with Crippen LogP contribution in [0.4, 0.5) is 5.00 Å². The van der Waals surface area contributed by atoms with Crippen molar-refractivity contribution >= 4 is 26.6 Å². The van der Waals surface area contributed by atoms with Crippen LogP contribution >= 0.6 is 11.3 Å². The van der Waals surface area contributed by atoms with E-state index < -0.39 is 0 Å². The molecule has 6 rings (SSSR count). The molecule has 3 aromatic heterocycles. The first-order valence-corrected chi connectivity index (χ1v) is 11.8. The van der Waals surface area contributed by atoms with Gasteiger partial charge in [-0.3, -0.25) is 5.10 Å². The number of benzene rings is 1. The highest BCUT2D eigenvalue weighted by atomic mass is 32.1. The molecule has 2 aliphatic heterocycles. The third-order valence-electron chi connectivity index (χ3n) is 6.87. The van der Waals surface area contributed by atoms with Gasteiger partial charge in [-0.25, -0.2) is 4.68 Å². The van der Waals surface area contributed by atoms with Crippen LogP contribution in [0.1, 0.15) is 32.1 Å². The number of rotatable bonds is 4. The molecule has 5 heterocycles. The maximum Gasteiger partial charge on any atom is 0.141 e. The van der Waals surface area contributed by atoms with Crippen molar-refractivity contribution in [3.05, 3.63) is 42.9 Å². The molecule has 7 nitrogen and oxygen atoms in total. The summed E-state index contributed by atoms with van der Waals surface area (Å²) in [5.74, 6) is 0.201. The van der Waals surface area contributed by atoms with Gasteiger partial charge in [0.05, 0.1) is 15.9 Å². The molecule has 3 unspecified atom stereocenters. The summed E-state index contributed by atoms with van der Waals surface area (Å²) >= 11 is 1.78. The summed E-state index contributed by atoms with van der Waals surface area (Å²) in [5.41, 5.74) is 3.51. The fraction of sp³-hybridized carbons (Fsp3) is 0.391. The van der Waals surface area contributed by atoms with Crippen molar-refractivity contribution in [1.29, 1.82) is 0 Å². The number of aromatic amines is 1. The molecule has 8 heteroatoms. The van der Waals surface area contributed by atoms with Gasteiger partial charge in [0.1, 0.15) is 17.0 Å². The highest BCUT2D eigenvalue weighted by Gasteiger charge is 2.32. The lowest BCUT2D eigenvalue weighted by atomic mass is 9.96. The van der Waals surface area contributed by atoms with Crippen LogP contribution in [-0.2, 0) is 0 Å². The fourth-order valence-electron chi connectivity index (χ4n) is 5.10. The van der Waals surface area contributed by atoms with E-state index in [9.17, 15) is 5.11 Å². The molecule has 31 heavy (non-hydrogen) atoms. The first-order valence-electron chi connectivity index (χ1n) is 10.9. The Bertz CT molecular complexity index is 1180. The fourth-order valence-corrected chi connectivity index (χ4v) is 6.15. The number of aromatic hydroxyl groups is 1. The molecule has 0 saturated carbocycles. The number of hydrogen-bond acceptors (Lipinski definition) is 6. The van der Waals surface area contributed by atoms with Crippen LogP contribution in [0, 0.1) is 0 Å². The SMILES string of the molecule is CN(c1cc2nn(-c3ccc(-c4cn[nH]c4)cc3O)cc2s1)C1CCC2CCC(C1)N2. The van der Waals surface area contributed by atoms with Crippen LogP contribution in [0.25, 0.3) is 27.0 Å². The first kappa shape index (κ1) is 18.9. The van der Waals surface area contributed by atoms with Crippen molar-refractivity contribution < 1.29 is 5.11 Å². The zero-order chi connectivity index (χ0) is 20.9. The normalized spacial score (nSPS) is 23.3. The van der Waals surface area contributed by atoms with Gasteiger partial charge in [-0.15, -0.1) is 11.3 Å². The summed E-state index contributed by atoms with van der Waals surface area (Å²) in [6, 6.07) is 9.79. The molecule has 4 aromatic rings. The Hall–Kier alpha value is -2.84. The van der Waals surface area contributed by atoms with E-state index in [-0.39, 0.29) is 5.75 Å². The molecule has 2 saturated heterocycles. The van der Waals surface area contributed by atoms with Crippen LogP contribution in [0.2, 0.25) is 0 Å². The van der Waals surface area contributed by atoms with Gasteiger partial charge in [0.15, 0.2) is 0 Å². The van der Waals surface area contributed by atoms with Crippen LogP contribution in [0.15, 0.2) is 42.9 Å². The number of fused-ring (bicyclic) bond motifs is 3. The van der Waals surface area contributed by atoms with Crippen LogP contribution in [-0.4, -0.2) is 50.3 Å². The summed E-state index contributed by atoms with van der Waals surface area (Å²) in [7, 11) is 2.23. The predicted octanol–water partition coefficient (Wildman–Crippen LogP) is 4.29. The molecular weight excluding hydrogens is 408 g/mol. The van der Waals surface area contributed by atoms with Crippen molar-refractivity contribution in [3.63, 3.8) is 0 Å². The molecule has 160 valence electrons. The minimum Gasteiger partial charge on any atom is -0.506 e. The van der Waals surface area contributed by atoms with Gasteiger partial charge in [-0.2, -0.15) is 10.2 Å². The number of phenolic OH excluding ortho intramolecular Hbond substituents is 1. The number of aromatic nitrogens is 4. The Morgan fingerprint density at radius 2 is 2.00 bits per heavy atom. The van der Waals surface area contributed by atoms with Gasteiger partial charge in [0.25, 0.3) is 0 Å². The van der Waals surface area contributed by atoms with E-state index >= 15 is 0 Å². The minimum atomic E-state index is 0.201. The van der Waals surface area contributed by atoms with Gasteiger partial charge in [0.2, 0.25) is 0 Å². The van der Waals surface area contributed by atoms with Gasteiger partial charge in [0, 0.05) is 49.2 Å². The number of nitrogens with one attached hydrogen (secondary N) is 2. The summed E-state index contributed by atoms with van der Waals surface area (Å²) in [5, 5.41) is 27.2. The molecule has 1 aromatic carbocycles. The monoisotopic (exact) mass is 434 g/mol. The number of anilines is 1. The van der Waals surface area contributed by atoms with Crippen LogP contribution < -0.4 is 10.2 Å². The lowest BCUT2D eigenvalue weighted by Gasteiger charge is -2.30. The van der Waals surface area contributed by atoms with Crippen LogP contribution in [0.5, 0.6) is 5.75 Å². The van der Waals surface area contributed by atoms with E-state index in [1.807, 2.05) is 24.5 Å². The molecule has 2 fully saturated rings. The highest BCUT2D eigenvalue weighted by Crippen LogP contribution is 2.37. The molecule has 0 amide bonds. The number of phenols is 1. The van der Waals surface area contributed by atoms with Crippen LogP contribution in [0.3, 0.4) is 0 Å². The van der Waals surface area contributed by atoms with E-state index in [0.717, 1.165) is 27.4 Å². The van der Waals surface area contributed by atoms with Crippen molar-refractivity contribution in [1.82, 2.24) is 25.3 Å². The summed E-state index contributed by atoms with van der Waals surface area (Å²) in [6.07, 6.45) is 12.0. The van der Waals surface area contributed by atoms with Crippen molar-refractivity contribution in [3.8, 4) is 22.6 Å². The average molecular weight is 435 g/mol. The second-order valence-corrected chi connectivity index (χ2v) is 9.88.